The van der Waals surface area contributed by atoms with Crippen LogP contribution in [0, 0.1) is 5.92 Å². The fourth-order valence-electron chi connectivity index (χ4n) is 3.18. The van der Waals surface area contributed by atoms with Crippen LogP contribution >= 0.6 is 12.2 Å². The van der Waals surface area contributed by atoms with Crippen LogP contribution in [0.15, 0.2) is 24.3 Å². The number of anilines is 2. The second-order valence-corrected chi connectivity index (χ2v) is 6.36. The third-order valence-corrected chi connectivity index (χ3v) is 4.77. The monoisotopic (exact) mass is 303 g/mol. The molecule has 0 saturated heterocycles. The smallest absolute Gasteiger partial charge is 0.244 e. The maximum absolute atomic E-state index is 11.9. The highest BCUT2D eigenvalue weighted by Crippen LogP contribution is 2.30. The molecule has 112 valence electrons. The molecule has 1 aliphatic carbocycles. The van der Waals surface area contributed by atoms with E-state index in [0.717, 1.165) is 17.8 Å². The molecule has 5 heteroatoms. The first-order valence-corrected chi connectivity index (χ1v) is 8.03. The first-order chi connectivity index (χ1) is 10.1. The van der Waals surface area contributed by atoms with Gasteiger partial charge in [0.2, 0.25) is 5.91 Å². The minimum Gasteiger partial charge on any atom is -0.359 e. The Bertz CT molecular complexity index is 560. The Morgan fingerprint density at radius 2 is 2.10 bits per heavy atom. The van der Waals surface area contributed by atoms with Crippen molar-refractivity contribution in [3.8, 4) is 0 Å². The van der Waals surface area contributed by atoms with E-state index in [-0.39, 0.29) is 12.5 Å². The van der Waals surface area contributed by atoms with Crippen molar-refractivity contribution < 1.29 is 4.79 Å². The number of hydrogen-bond acceptors (Lipinski definition) is 2. The summed E-state index contributed by atoms with van der Waals surface area (Å²) in [4.78, 5) is 13.8. The largest absolute Gasteiger partial charge is 0.359 e. The molecule has 3 rings (SSSR count). The van der Waals surface area contributed by atoms with Crippen molar-refractivity contribution in [2.45, 2.75) is 38.6 Å². The number of carbonyl (C=O) groups is 1. The fourth-order valence-corrected chi connectivity index (χ4v) is 3.50. The van der Waals surface area contributed by atoms with Crippen molar-refractivity contribution in [3.63, 3.8) is 0 Å². The zero-order valence-corrected chi connectivity index (χ0v) is 13.1. The molecule has 0 bridgehead atoms. The molecule has 1 fully saturated rings. The van der Waals surface area contributed by atoms with Crippen molar-refractivity contribution in [1.82, 2.24) is 5.32 Å². The van der Waals surface area contributed by atoms with E-state index in [0.29, 0.717) is 17.1 Å². The summed E-state index contributed by atoms with van der Waals surface area (Å²) < 4.78 is 0. The summed E-state index contributed by atoms with van der Waals surface area (Å²) in [6.07, 6.45) is 4.96. The molecular formula is C16H21N3OS. The molecule has 0 spiro atoms. The third kappa shape index (κ3) is 3.02. The summed E-state index contributed by atoms with van der Waals surface area (Å²) in [5.41, 5.74) is 1.80. The molecule has 2 N–H and O–H groups in total. The SMILES string of the molecule is C[C@@H]1CCCC[C@H]1NC(=S)N1CC(=O)Nc2ccccc21. The van der Waals surface area contributed by atoms with Gasteiger partial charge in [-0.05, 0) is 43.1 Å². The summed E-state index contributed by atoms with van der Waals surface area (Å²) in [5, 5.41) is 7.03. The van der Waals surface area contributed by atoms with Gasteiger partial charge in [0.05, 0.1) is 11.4 Å². The normalized spacial score (nSPS) is 25.0. The molecule has 2 atom stereocenters. The van der Waals surface area contributed by atoms with Crippen LogP contribution in [0.2, 0.25) is 0 Å². The molecule has 0 aromatic heterocycles. The van der Waals surface area contributed by atoms with E-state index in [2.05, 4.69) is 17.6 Å². The van der Waals surface area contributed by atoms with E-state index in [4.69, 9.17) is 12.2 Å². The molecule has 2 aliphatic rings. The molecular weight excluding hydrogens is 282 g/mol. The topological polar surface area (TPSA) is 44.4 Å². The third-order valence-electron chi connectivity index (χ3n) is 4.44. The Morgan fingerprint density at radius 1 is 1.33 bits per heavy atom. The van der Waals surface area contributed by atoms with Crippen LogP contribution in [-0.2, 0) is 4.79 Å². The van der Waals surface area contributed by atoms with Gasteiger partial charge in [0, 0.05) is 6.04 Å². The van der Waals surface area contributed by atoms with Gasteiger partial charge in [0.1, 0.15) is 6.54 Å². The van der Waals surface area contributed by atoms with Crippen LogP contribution in [0.4, 0.5) is 11.4 Å². The second-order valence-electron chi connectivity index (χ2n) is 5.97. The second kappa shape index (κ2) is 6.02. The number of nitrogens with zero attached hydrogens (tertiary/aromatic N) is 1. The van der Waals surface area contributed by atoms with Crippen LogP contribution in [0.3, 0.4) is 0 Å². The van der Waals surface area contributed by atoms with Crippen molar-refractivity contribution in [2.24, 2.45) is 5.92 Å². The van der Waals surface area contributed by atoms with Crippen molar-refractivity contribution in [2.75, 3.05) is 16.8 Å². The van der Waals surface area contributed by atoms with Crippen LogP contribution < -0.4 is 15.5 Å². The fraction of sp³-hybridized carbons (Fsp3) is 0.500. The number of amides is 1. The molecule has 1 heterocycles. The highest BCUT2D eigenvalue weighted by Gasteiger charge is 2.28. The zero-order chi connectivity index (χ0) is 14.8. The van der Waals surface area contributed by atoms with E-state index < -0.39 is 0 Å². The van der Waals surface area contributed by atoms with Crippen LogP contribution in [-0.4, -0.2) is 23.6 Å². The van der Waals surface area contributed by atoms with Gasteiger partial charge in [-0.15, -0.1) is 0 Å². The lowest BCUT2D eigenvalue weighted by molar-refractivity contribution is -0.115. The van der Waals surface area contributed by atoms with Gasteiger partial charge in [0.25, 0.3) is 0 Å². The Hall–Kier alpha value is -1.62. The van der Waals surface area contributed by atoms with Crippen molar-refractivity contribution >= 4 is 34.6 Å². The number of carbonyl (C=O) groups excluding carboxylic acids is 1. The Labute approximate surface area is 130 Å². The van der Waals surface area contributed by atoms with Crippen LogP contribution in [0.25, 0.3) is 0 Å². The first kappa shape index (κ1) is 14.3. The van der Waals surface area contributed by atoms with Crippen LogP contribution in [0.1, 0.15) is 32.6 Å². The minimum atomic E-state index is -0.0189. The number of fused-ring (bicyclic) bond motifs is 1. The Balaban J connectivity index is 1.77. The van der Waals surface area contributed by atoms with Gasteiger partial charge in [-0.2, -0.15) is 0 Å². The number of hydrogen-bond donors (Lipinski definition) is 2. The predicted molar refractivity (Wildman–Crippen MR) is 89.6 cm³/mol. The number of rotatable bonds is 1. The van der Waals surface area contributed by atoms with E-state index in [9.17, 15) is 4.79 Å². The molecule has 21 heavy (non-hydrogen) atoms. The molecule has 0 unspecified atom stereocenters. The summed E-state index contributed by atoms with van der Waals surface area (Å²) in [6, 6.07) is 8.21. The number of nitrogens with one attached hydrogen (secondary N) is 2. The Morgan fingerprint density at radius 3 is 2.90 bits per heavy atom. The first-order valence-electron chi connectivity index (χ1n) is 7.62. The molecule has 0 radical (unpaired) electrons. The van der Waals surface area contributed by atoms with Gasteiger partial charge < -0.3 is 15.5 Å². The van der Waals surface area contributed by atoms with E-state index >= 15 is 0 Å². The van der Waals surface area contributed by atoms with E-state index in [1.165, 1.54) is 19.3 Å². The highest BCUT2D eigenvalue weighted by atomic mass is 32.1. The average Bonchev–Trinajstić information content (AvgIpc) is 2.48. The maximum atomic E-state index is 11.9. The highest BCUT2D eigenvalue weighted by molar-refractivity contribution is 7.80. The molecule has 1 saturated carbocycles. The van der Waals surface area contributed by atoms with Gasteiger partial charge in [0.15, 0.2) is 5.11 Å². The maximum Gasteiger partial charge on any atom is 0.244 e. The molecule has 1 amide bonds. The lowest BCUT2D eigenvalue weighted by Crippen LogP contribution is -2.51. The van der Waals surface area contributed by atoms with Gasteiger partial charge >= 0.3 is 0 Å². The van der Waals surface area contributed by atoms with Gasteiger partial charge in [-0.3, -0.25) is 4.79 Å². The van der Waals surface area contributed by atoms with E-state index in [1.807, 2.05) is 29.2 Å². The quantitative estimate of drug-likeness (QED) is 0.783. The number of benzene rings is 1. The zero-order valence-electron chi connectivity index (χ0n) is 12.3. The summed E-state index contributed by atoms with van der Waals surface area (Å²) in [7, 11) is 0. The lowest BCUT2D eigenvalue weighted by Gasteiger charge is -2.36. The van der Waals surface area contributed by atoms with Gasteiger partial charge in [-0.1, -0.05) is 31.9 Å². The van der Waals surface area contributed by atoms with Crippen molar-refractivity contribution in [3.05, 3.63) is 24.3 Å². The molecule has 1 aromatic carbocycles. The number of para-hydroxylation sites is 2. The average molecular weight is 303 g/mol. The summed E-state index contributed by atoms with van der Waals surface area (Å²) in [5.74, 6) is 0.611. The number of thiocarbonyl (C=S) groups is 1. The van der Waals surface area contributed by atoms with Crippen LogP contribution in [0.5, 0.6) is 0 Å². The van der Waals surface area contributed by atoms with Crippen molar-refractivity contribution in [1.29, 1.82) is 0 Å². The lowest BCUT2D eigenvalue weighted by atomic mass is 9.86. The molecule has 1 aromatic rings. The molecule has 1 aliphatic heterocycles. The van der Waals surface area contributed by atoms with Gasteiger partial charge in [-0.25, -0.2) is 0 Å². The Kier molecular flexibility index (Phi) is 4.10. The predicted octanol–water partition coefficient (Wildman–Crippen LogP) is 2.90. The summed E-state index contributed by atoms with van der Waals surface area (Å²) in [6.45, 7) is 2.56. The minimum absolute atomic E-state index is 0.0189. The summed E-state index contributed by atoms with van der Waals surface area (Å²) >= 11 is 5.57. The standard InChI is InChI=1S/C16H21N3OS/c1-11-6-2-3-7-12(11)18-16(21)19-10-15(20)17-13-8-4-5-9-14(13)19/h4-5,8-9,11-12H,2-3,6-7,10H2,1H3,(H,17,20)(H,18,21)/t11-,12-/m1/s1. The van der Waals surface area contributed by atoms with E-state index in [1.54, 1.807) is 0 Å². The molecule has 4 nitrogen and oxygen atoms in total.